The molecule has 0 saturated carbocycles. The Labute approximate surface area is 186 Å². The van der Waals surface area contributed by atoms with E-state index in [9.17, 15) is 4.79 Å². The number of thiophene rings is 1. The molecule has 8 heteroatoms. The second-order valence-electron chi connectivity index (χ2n) is 6.68. The van der Waals surface area contributed by atoms with E-state index in [4.69, 9.17) is 9.47 Å². The number of nitrogens with zero attached hydrogens (tertiary/aromatic N) is 2. The lowest BCUT2D eigenvalue weighted by atomic mass is 10.2. The summed E-state index contributed by atoms with van der Waals surface area (Å²) in [6.07, 6.45) is 3.46. The predicted octanol–water partition coefficient (Wildman–Crippen LogP) is 4.86. The number of fused-ring (bicyclic) bond motifs is 1. The lowest BCUT2D eigenvalue weighted by Gasteiger charge is -2.13. The van der Waals surface area contributed by atoms with Crippen LogP contribution in [0.25, 0.3) is 10.2 Å². The molecule has 0 fully saturated rings. The number of methoxy groups -OCH3 is 2. The number of benzene rings is 1. The molecule has 6 nitrogen and oxygen atoms in total. The van der Waals surface area contributed by atoms with Crippen molar-refractivity contribution in [3.05, 3.63) is 75.5 Å². The molecule has 4 aromatic rings. The Bertz CT molecular complexity index is 1170. The number of carbonyl (C=O) groups is 1. The van der Waals surface area contributed by atoms with Crippen molar-refractivity contribution >= 4 is 43.4 Å². The number of aromatic nitrogens is 2. The number of ether oxygens (including phenoxy) is 2. The molecule has 30 heavy (non-hydrogen) atoms. The summed E-state index contributed by atoms with van der Waals surface area (Å²) in [7, 11) is 3.25. The molecule has 0 aliphatic heterocycles. The summed E-state index contributed by atoms with van der Waals surface area (Å²) in [5.41, 5.74) is 3.52. The number of pyridine rings is 1. The molecule has 0 spiro atoms. The second kappa shape index (κ2) is 8.89. The van der Waals surface area contributed by atoms with Crippen LogP contribution in [0.2, 0.25) is 0 Å². The zero-order valence-electron chi connectivity index (χ0n) is 16.5. The third kappa shape index (κ3) is 4.20. The van der Waals surface area contributed by atoms with Crippen LogP contribution in [0.3, 0.4) is 0 Å². The van der Waals surface area contributed by atoms with Crippen LogP contribution in [-0.4, -0.2) is 29.7 Å². The van der Waals surface area contributed by atoms with Crippen molar-refractivity contribution in [1.82, 2.24) is 14.9 Å². The molecule has 1 N–H and O–H groups in total. The van der Waals surface area contributed by atoms with Gasteiger partial charge in [0.1, 0.15) is 17.2 Å². The highest BCUT2D eigenvalue weighted by molar-refractivity contribution is 9.10. The topological polar surface area (TPSA) is 65.4 Å². The molecule has 1 amide bonds. The van der Waals surface area contributed by atoms with Crippen molar-refractivity contribution in [2.24, 2.45) is 0 Å². The van der Waals surface area contributed by atoms with Crippen LogP contribution in [0.4, 0.5) is 0 Å². The maximum Gasteiger partial charge on any atom is 0.268 e. The Morgan fingerprint density at radius 3 is 2.60 bits per heavy atom. The van der Waals surface area contributed by atoms with Gasteiger partial charge < -0.3 is 19.4 Å². The van der Waals surface area contributed by atoms with Gasteiger partial charge in [-0.1, -0.05) is 6.07 Å². The SMILES string of the molecule is COc1cc(Cn2c(C(=O)NCc3cccnc3)cc3scc(Br)c32)cc(OC)c1. The molecule has 0 saturated heterocycles. The fourth-order valence-corrected chi connectivity index (χ4v) is 4.99. The Balaban J connectivity index is 1.68. The molecule has 0 radical (unpaired) electrons. The lowest BCUT2D eigenvalue weighted by molar-refractivity contribution is 0.0942. The first kappa shape index (κ1) is 20.4. The molecular formula is C22H20BrN3O3S. The van der Waals surface area contributed by atoms with Crippen molar-refractivity contribution in [1.29, 1.82) is 0 Å². The van der Waals surface area contributed by atoms with Gasteiger partial charge in [0, 0.05) is 36.9 Å². The molecule has 0 atom stereocenters. The van der Waals surface area contributed by atoms with E-state index in [1.165, 1.54) is 0 Å². The Kier molecular flexibility index (Phi) is 6.06. The van der Waals surface area contributed by atoms with Gasteiger partial charge in [-0.25, -0.2) is 0 Å². The normalized spacial score (nSPS) is 10.9. The maximum atomic E-state index is 13.0. The average molecular weight is 486 g/mol. The predicted molar refractivity (Wildman–Crippen MR) is 122 cm³/mol. The van der Waals surface area contributed by atoms with Gasteiger partial charge in [-0.2, -0.15) is 0 Å². The van der Waals surface area contributed by atoms with Gasteiger partial charge in [0.15, 0.2) is 0 Å². The summed E-state index contributed by atoms with van der Waals surface area (Å²) in [6.45, 7) is 0.918. The fourth-order valence-electron chi connectivity index (χ4n) is 3.30. The summed E-state index contributed by atoms with van der Waals surface area (Å²) >= 11 is 5.23. The monoisotopic (exact) mass is 485 g/mol. The number of amides is 1. The van der Waals surface area contributed by atoms with Crippen molar-refractivity contribution in [2.75, 3.05) is 14.2 Å². The third-order valence-electron chi connectivity index (χ3n) is 4.74. The van der Waals surface area contributed by atoms with Gasteiger partial charge >= 0.3 is 0 Å². The second-order valence-corrected chi connectivity index (χ2v) is 8.44. The van der Waals surface area contributed by atoms with Gasteiger partial charge in [-0.15, -0.1) is 11.3 Å². The first-order valence-corrected chi connectivity index (χ1v) is 10.9. The summed E-state index contributed by atoms with van der Waals surface area (Å²) in [4.78, 5) is 17.1. The molecule has 0 unspecified atom stereocenters. The minimum atomic E-state index is -0.135. The lowest BCUT2D eigenvalue weighted by Crippen LogP contribution is -2.25. The molecule has 154 valence electrons. The molecule has 4 rings (SSSR count). The molecule has 1 aromatic carbocycles. The minimum absolute atomic E-state index is 0.135. The van der Waals surface area contributed by atoms with E-state index >= 15 is 0 Å². The molecule has 0 aliphatic carbocycles. The van der Waals surface area contributed by atoms with Gasteiger partial charge in [0.05, 0.1) is 28.9 Å². The fraction of sp³-hybridized carbons (Fsp3) is 0.182. The van der Waals surface area contributed by atoms with Crippen molar-refractivity contribution in [3.8, 4) is 11.5 Å². The van der Waals surface area contributed by atoms with E-state index in [2.05, 4.69) is 26.2 Å². The van der Waals surface area contributed by atoms with Crippen molar-refractivity contribution in [3.63, 3.8) is 0 Å². The van der Waals surface area contributed by atoms with Gasteiger partial charge in [0.2, 0.25) is 0 Å². The van der Waals surface area contributed by atoms with Crippen LogP contribution in [0.5, 0.6) is 11.5 Å². The van der Waals surface area contributed by atoms with E-state index in [1.54, 1.807) is 38.0 Å². The number of halogens is 1. The molecule has 3 heterocycles. The molecule has 0 aliphatic rings. The standard InChI is InChI=1S/C22H20BrN3O3S/c1-28-16-6-15(7-17(8-16)29-2)12-26-19(9-20-21(26)18(23)13-30-20)22(27)25-11-14-4-3-5-24-10-14/h3-10,13H,11-12H2,1-2H3,(H,25,27). The van der Waals surface area contributed by atoms with Crippen LogP contribution < -0.4 is 14.8 Å². The largest absolute Gasteiger partial charge is 0.497 e. The van der Waals surface area contributed by atoms with E-state index < -0.39 is 0 Å². The van der Waals surface area contributed by atoms with E-state index in [0.717, 1.165) is 25.8 Å². The zero-order chi connectivity index (χ0) is 21.1. The van der Waals surface area contributed by atoms with Crippen LogP contribution >= 0.6 is 27.3 Å². The molecular weight excluding hydrogens is 466 g/mol. The summed E-state index contributed by atoms with van der Waals surface area (Å²) in [6, 6.07) is 11.5. The van der Waals surface area contributed by atoms with E-state index in [-0.39, 0.29) is 5.91 Å². The number of hydrogen-bond donors (Lipinski definition) is 1. The quantitative estimate of drug-likeness (QED) is 0.406. The first-order valence-electron chi connectivity index (χ1n) is 9.24. The number of rotatable bonds is 7. The van der Waals surface area contributed by atoms with E-state index in [0.29, 0.717) is 30.3 Å². The highest BCUT2D eigenvalue weighted by atomic mass is 79.9. The van der Waals surface area contributed by atoms with Gasteiger partial charge in [-0.3, -0.25) is 9.78 Å². The molecule has 3 aromatic heterocycles. The van der Waals surface area contributed by atoms with Crippen LogP contribution in [0, 0.1) is 0 Å². The van der Waals surface area contributed by atoms with Crippen LogP contribution in [-0.2, 0) is 13.1 Å². The number of nitrogens with one attached hydrogen (secondary N) is 1. The Hall–Kier alpha value is -2.84. The Morgan fingerprint density at radius 1 is 1.17 bits per heavy atom. The van der Waals surface area contributed by atoms with E-state index in [1.807, 2.05) is 46.3 Å². The average Bonchev–Trinajstić information content (AvgIpc) is 3.32. The number of carbonyl (C=O) groups excluding carboxylic acids is 1. The van der Waals surface area contributed by atoms with Gasteiger partial charge in [0.25, 0.3) is 5.91 Å². The van der Waals surface area contributed by atoms with Crippen molar-refractivity contribution < 1.29 is 14.3 Å². The zero-order valence-corrected chi connectivity index (χ0v) is 18.9. The number of hydrogen-bond acceptors (Lipinski definition) is 5. The molecule has 0 bridgehead atoms. The van der Waals surface area contributed by atoms with Gasteiger partial charge in [-0.05, 0) is 51.3 Å². The highest BCUT2D eigenvalue weighted by Crippen LogP contribution is 2.34. The smallest absolute Gasteiger partial charge is 0.268 e. The van der Waals surface area contributed by atoms with Crippen LogP contribution in [0.15, 0.2) is 58.6 Å². The highest BCUT2D eigenvalue weighted by Gasteiger charge is 2.19. The van der Waals surface area contributed by atoms with Crippen LogP contribution in [0.1, 0.15) is 21.6 Å². The minimum Gasteiger partial charge on any atom is -0.497 e. The summed E-state index contributed by atoms with van der Waals surface area (Å²) in [5.74, 6) is 1.28. The summed E-state index contributed by atoms with van der Waals surface area (Å²) in [5, 5.41) is 5.03. The van der Waals surface area contributed by atoms with Crippen molar-refractivity contribution in [2.45, 2.75) is 13.1 Å². The Morgan fingerprint density at radius 2 is 1.93 bits per heavy atom. The first-order chi connectivity index (χ1) is 14.6. The third-order valence-corrected chi connectivity index (χ3v) is 6.56. The maximum absolute atomic E-state index is 13.0. The summed E-state index contributed by atoms with van der Waals surface area (Å²) < 4.78 is 14.8.